The molecule has 2 rings (SSSR count). The van der Waals surface area contributed by atoms with Crippen molar-refractivity contribution < 1.29 is 13.5 Å². The van der Waals surface area contributed by atoms with E-state index < -0.39 is 11.6 Å². The SMILES string of the molecule is CC1OC(C)C(C(Cc2ccc(F)cc2F)NN)C1C. The molecule has 0 spiro atoms. The van der Waals surface area contributed by atoms with Gasteiger partial charge in [0.15, 0.2) is 0 Å². The van der Waals surface area contributed by atoms with Gasteiger partial charge in [-0.2, -0.15) is 0 Å². The lowest BCUT2D eigenvalue weighted by Crippen LogP contribution is -2.46. The first kappa shape index (κ1) is 15.4. The van der Waals surface area contributed by atoms with Gasteiger partial charge >= 0.3 is 0 Å². The predicted molar refractivity (Wildman–Crippen MR) is 73.8 cm³/mol. The van der Waals surface area contributed by atoms with Crippen LogP contribution >= 0.6 is 0 Å². The van der Waals surface area contributed by atoms with Crippen molar-refractivity contribution in [2.45, 2.75) is 45.4 Å². The second kappa shape index (κ2) is 6.16. The molecular weight excluding hydrogens is 262 g/mol. The fraction of sp³-hybridized carbons (Fsp3) is 0.600. The molecule has 1 aromatic carbocycles. The number of ether oxygens (including phenoxy) is 1. The van der Waals surface area contributed by atoms with Gasteiger partial charge in [-0.05, 0) is 37.8 Å². The predicted octanol–water partition coefficient (Wildman–Crippen LogP) is 2.40. The summed E-state index contributed by atoms with van der Waals surface area (Å²) in [5, 5.41) is 0. The Kier molecular flexibility index (Phi) is 4.73. The summed E-state index contributed by atoms with van der Waals surface area (Å²) < 4.78 is 32.5. The van der Waals surface area contributed by atoms with Crippen molar-refractivity contribution in [3.8, 4) is 0 Å². The molecule has 1 saturated heterocycles. The molecule has 20 heavy (non-hydrogen) atoms. The van der Waals surface area contributed by atoms with Gasteiger partial charge in [0.2, 0.25) is 0 Å². The zero-order valence-corrected chi connectivity index (χ0v) is 12.1. The highest BCUT2D eigenvalue weighted by Gasteiger charge is 2.41. The Morgan fingerprint density at radius 2 is 1.95 bits per heavy atom. The molecule has 1 aliphatic rings. The largest absolute Gasteiger partial charge is 0.375 e. The molecule has 1 aliphatic heterocycles. The van der Waals surface area contributed by atoms with E-state index in [-0.39, 0.29) is 24.2 Å². The van der Waals surface area contributed by atoms with E-state index in [1.165, 1.54) is 12.1 Å². The smallest absolute Gasteiger partial charge is 0.129 e. The summed E-state index contributed by atoms with van der Waals surface area (Å²) in [5.41, 5.74) is 3.24. The van der Waals surface area contributed by atoms with Crippen molar-refractivity contribution in [1.82, 2.24) is 5.43 Å². The van der Waals surface area contributed by atoms with Crippen LogP contribution in [0.4, 0.5) is 8.78 Å². The van der Waals surface area contributed by atoms with E-state index in [1.54, 1.807) is 0 Å². The second-order valence-electron chi connectivity index (χ2n) is 5.70. The van der Waals surface area contributed by atoms with Crippen molar-refractivity contribution in [2.75, 3.05) is 0 Å². The highest BCUT2D eigenvalue weighted by Crippen LogP contribution is 2.35. The summed E-state index contributed by atoms with van der Waals surface area (Å²) >= 11 is 0. The van der Waals surface area contributed by atoms with Gasteiger partial charge in [0.1, 0.15) is 11.6 Å². The van der Waals surface area contributed by atoms with Crippen molar-refractivity contribution in [1.29, 1.82) is 0 Å². The molecule has 0 aromatic heterocycles. The van der Waals surface area contributed by atoms with Gasteiger partial charge in [0.25, 0.3) is 0 Å². The number of hydrogen-bond donors (Lipinski definition) is 2. The van der Waals surface area contributed by atoms with Crippen molar-refractivity contribution in [3.05, 3.63) is 35.4 Å². The monoisotopic (exact) mass is 284 g/mol. The number of nitrogens with two attached hydrogens (primary N) is 1. The standard InChI is InChI=1S/C15H22F2N2O/c1-8-9(2)20-10(3)15(8)14(19-18)6-11-4-5-12(16)7-13(11)17/h4-5,7-10,14-15,19H,6,18H2,1-3H3. The normalized spacial score (nSPS) is 31.5. The molecule has 5 heteroatoms. The van der Waals surface area contributed by atoms with Crippen LogP contribution < -0.4 is 11.3 Å². The topological polar surface area (TPSA) is 47.3 Å². The maximum absolute atomic E-state index is 13.8. The third kappa shape index (κ3) is 3.00. The first-order valence-electron chi connectivity index (χ1n) is 6.99. The maximum Gasteiger partial charge on any atom is 0.129 e. The Morgan fingerprint density at radius 3 is 2.45 bits per heavy atom. The number of benzene rings is 1. The summed E-state index contributed by atoms with van der Waals surface area (Å²) in [5.74, 6) is 5.07. The van der Waals surface area contributed by atoms with Crippen LogP contribution in [-0.4, -0.2) is 18.2 Å². The first-order chi connectivity index (χ1) is 9.43. The number of halogens is 2. The number of hydrogen-bond acceptors (Lipinski definition) is 3. The molecule has 0 amide bonds. The zero-order valence-electron chi connectivity index (χ0n) is 12.1. The number of nitrogens with one attached hydrogen (secondary N) is 1. The summed E-state index contributed by atoms with van der Waals surface area (Å²) in [6.07, 6.45) is 0.631. The van der Waals surface area contributed by atoms with E-state index >= 15 is 0 Å². The van der Waals surface area contributed by atoms with Gasteiger partial charge in [-0.1, -0.05) is 13.0 Å². The Labute approximate surface area is 118 Å². The van der Waals surface area contributed by atoms with Crippen molar-refractivity contribution in [3.63, 3.8) is 0 Å². The lowest BCUT2D eigenvalue weighted by atomic mass is 9.81. The summed E-state index contributed by atoms with van der Waals surface area (Å²) in [4.78, 5) is 0. The molecule has 1 fully saturated rings. The molecule has 0 aliphatic carbocycles. The molecule has 1 heterocycles. The Balaban J connectivity index is 2.16. The first-order valence-corrected chi connectivity index (χ1v) is 6.99. The minimum Gasteiger partial charge on any atom is -0.375 e. The van der Waals surface area contributed by atoms with Gasteiger partial charge in [0, 0.05) is 18.0 Å². The van der Waals surface area contributed by atoms with Gasteiger partial charge in [-0.3, -0.25) is 11.3 Å². The minimum absolute atomic E-state index is 0.0598. The Hall–Kier alpha value is -1.04. The van der Waals surface area contributed by atoms with E-state index in [0.717, 1.165) is 6.07 Å². The third-order valence-corrected chi connectivity index (χ3v) is 4.45. The molecule has 0 radical (unpaired) electrons. The molecule has 1 aromatic rings. The third-order valence-electron chi connectivity index (χ3n) is 4.45. The molecule has 5 unspecified atom stereocenters. The van der Waals surface area contributed by atoms with Crippen LogP contribution in [0.2, 0.25) is 0 Å². The van der Waals surface area contributed by atoms with E-state index in [1.807, 2.05) is 13.8 Å². The average Bonchev–Trinajstić information content (AvgIpc) is 2.63. The average molecular weight is 284 g/mol. The molecule has 3 nitrogen and oxygen atoms in total. The van der Waals surface area contributed by atoms with E-state index in [2.05, 4.69) is 12.3 Å². The van der Waals surface area contributed by atoms with Gasteiger partial charge in [-0.15, -0.1) is 0 Å². The van der Waals surface area contributed by atoms with Gasteiger partial charge < -0.3 is 4.74 Å². The molecule has 0 saturated carbocycles. The highest BCUT2D eigenvalue weighted by molar-refractivity contribution is 5.20. The fourth-order valence-electron chi connectivity index (χ4n) is 3.22. The fourth-order valence-corrected chi connectivity index (χ4v) is 3.22. The molecule has 5 atom stereocenters. The second-order valence-corrected chi connectivity index (χ2v) is 5.70. The summed E-state index contributed by atoms with van der Waals surface area (Å²) in [6, 6.07) is 3.55. The lowest BCUT2D eigenvalue weighted by Gasteiger charge is -2.28. The van der Waals surface area contributed by atoms with Crippen molar-refractivity contribution in [2.24, 2.45) is 17.7 Å². The lowest BCUT2D eigenvalue weighted by molar-refractivity contribution is 0.0475. The van der Waals surface area contributed by atoms with Crippen LogP contribution in [0.15, 0.2) is 18.2 Å². The Bertz CT molecular complexity index is 469. The minimum atomic E-state index is -0.567. The summed E-state index contributed by atoms with van der Waals surface area (Å²) in [6.45, 7) is 6.16. The number of rotatable bonds is 4. The van der Waals surface area contributed by atoms with Crippen LogP contribution in [0.25, 0.3) is 0 Å². The Morgan fingerprint density at radius 1 is 1.25 bits per heavy atom. The maximum atomic E-state index is 13.8. The van der Waals surface area contributed by atoms with Crippen LogP contribution in [0.1, 0.15) is 26.3 Å². The van der Waals surface area contributed by atoms with Crippen molar-refractivity contribution >= 4 is 0 Å². The molecular formula is C15H22F2N2O. The highest BCUT2D eigenvalue weighted by atomic mass is 19.1. The van der Waals surface area contributed by atoms with Crippen LogP contribution in [0.3, 0.4) is 0 Å². The summed E-state index contributed by atoms with van der Waals surface area (Å²) in [7, 11) is 0. The van der Waals surface area contributed by atoms with Gasteiger partial charge in [-0.25, -0.2) is 8.78 Å². The van der Waals surface area contributed by atoms with E-state index in [0.29, 0.717) is 17.9 Å². The van der Waals surface area contributed by atoms with E-state index in [9.17, 15) is 8.78 Å². The molecule has 3 N–H and O–H groups in total. The van der Waals surface area contributed by atoms with Crippen LogP contribution in [0, 0.1) is 23.5 Å². The molecule has 0 bridgehead atoms. The number of hydrazine groups is 1. The zero-order chi connectivity index (χ0) is 14.9. The van der Waals surface area contributed by atoms with Gasteiger partial charge in [0.05, 0.1) is 12.2 Å². The van der Waals surface area contributed by atoms with Crippen LogP contribution in [0.5, 0.6) is 0 Å². The molecule has 112 valence electrons. The quantitative estimate of drug-likeness (QED) is 0.659. The van der Waals surface area contributed by atoms with Crippen LogP contribution in [-0.2, 0) is 11.2 Å². The van der Waals surface area contributed by atoms with E-state index in [4.69, 9.17) is 10.6 Å².